The first-order chi connectivity index (χ1) is 60.4. The Morgan fingerprint density at radius 2 is 0.674 bits per heavy atom. The van der Waals surface area contributed by atoms with Gasteiger partial charge in [0, 0.05) is 114 Å². The molecule has 6 saturated heterocycles. The van der Waals surface area contributed by atoms with Crippen molar-refractivity contribution in [2.75, 3.05) is 45.0 Å². The number of aromatic hydroxyl groups is 2. The van der Waals surface area contributed by atoms with Gasteiger partial charge in [0.25, 0.3) is 0 Å². The number of halogens is 13. The van der Waals surface area contributed by atoms with Gasteiger partial charge in [0.15, 0.2) is 49.3 Å². The predicted octanol–water partition coefficient (Wildman–Crippen LogP) is 25.2. The second-order valence-corrected chi connectivity index (χ2v) is 35.4. The van der Waals surface area contributed by atoms with Crippen LogP contribution in [-0.4, -0.2) is 129 Å². The van der Waals surface area contributed by atoms with Crippen molar-refractivity contribution in [3.63, 3.8) is 0 Å². The van der Waals surface area contributed by atoms with Gasteiger partial charge in [-0.15, -0.1) is 22.8 Å². The summed E-state index contributed by atoms with van der Waals surface area (Å²) in [4.78, 5) is 24.0. The van der Waals surface area contributed by atoms with Gasteiger partial charge in [-0.1, -0.05) is 62.4 Å². The Morgan fingerprint density at radius 1 is 0.341 bits per heavy atom. The minimum atomic E-state index is -4.12. The molecule has 6 atom stereocenters. The van der Waals surface area contributed by atoms with Gasteiger partial charge >= 0.3 is 43.6 Å². The molecule has 0 saturated carbocycles. The van der Waals surface area contributed by atoms with Crippen molar-refractivity contribution in [2.24, 2.45) is 0 Å². The zero-order valence-electron chi connectivity index (χ0n) is 79.2. The topological polar surface area (TPSA) is 185 Å². The Balaban J connectivity index is 0.000000280. The van der Waals surface area contributed by atoms with E-state index in [-0.39, 0.29) is 105 Å². The van der Waals surface area contributed by atoms with Gasteiger partial charge in [0.05, 0.1) is 39.6 Å². The van der Waals surface area contributed by atoms with Crippen LogP contribution in [0.1, 0.15) is 323 Å². The number of aryl methyl sites for hydroxylation is 2. The average molecular weight is 1900 g/mol. The molecule has 11 rings (SSSR count). The number of phenols is 2. The SMILES string of the molecule is CC1=C(C)C(=O)C(CCCCCC(F)(F)F)=C(C)C1=O.Cc1[c-]c(OC2CCCCO2)c(C)c(C)c1OC1CCCCO1.Cc1c(C)c(O)c(CCCCCC(F)(F)F)c(C)c1O.Cc1c(C)c(OC2CCCCO2)c(CCCCCC(F)(F)F)c(C)c1OC1CCCCO1.Cc1cc(OC2CCCCO2)c(C)c(C)c1OC1CCCCO1.FC(F)(F)CCCCCBr.[Li+]. The number of hydrogen-bond acceptors (Lipinski definition) is 16. The van der Waals surface area contributed by atoms with E-state index in [0.717, 1.165) is 231 Å². The van der Waals surface area contributed by atoms with Gasteiger partial charge in [-0.25, -0.2) is 0 Å². The summed E-state index contributed by atoms with van der Waals surface area (Å²) in [6.07, 6.45) is 5.29. The van der Waals surface area contributed by atoms with Crippen LogP contribution in [-0.2, 0) is 50.9 Å². The van der Waals surface area contributed by atoms with Crippen molar-refractivity contribution in [1.29, 1.82) is 0 Å². The number of unbranched alkanes of at least 4 members (excludes halogenated alkanes) is 8. The monoisotopic (exact) mass is 1900 g/mol. The number of carbonyl (C=O) groups is 2. The van der Waals surface area contributed by atoms with Gasteiger partial charge in [0.1, 0.15) is 34.5 Å². The van der Waals surface area contributed by atoms with Crippen molar-refractivity contribution in [1.82, 2.24) is 0 Å². The summed E-state index contributed by atoms with van der Waals surface area (Å²) in [5, 5.41) is 20.8. The molecule has 1 aliphatic carbocycles. The number of Topliss-reactive ketones (excluding diaryl/α,β-unsaturated/α-hetero) is 2. The largest absolute Gasteiger partial charge is 1.00 e. The molecular weight excluding hydrogens is 1760 g/mol. The molecule has 7 aliphatic rings. The molecule has 0 bridgehead atoms. The molecule has 6 heterocycles. The number of allylic oxidation sites excluding steroid dienone is 4. The Hall–Kier alpha value is -5.90. The minimum Gasteiger partial charge on any atom is -0.525 e. The zero-order valence-corrected chi connectivity index (χ0v) is 80.8. The summed E-state index contributed by atoms with van der Waals surface area (Å²) in [6, 6.07) is 5.41. The Bertz CT molecular complexity index is 4020. The average Bonchev–Trinajstić information content (AvgIpc) is 0.776. The number of ketones is 2. The summed E-state index contributed by atoms with van der Waals surface area (Å²) in [5.41, 5.74) is 14.8. The number of carbonyl (C=O) groups excluding carboxylic acids is 2. The van der Waals surface area contributed by atoms with E-state index in [9.17, 15) is 72.5 Å². The summed E-state index contributed by atoms with van der Waals surface area (Å²) >= 11 is 3.15. The van der Waals surface area contributed by atoms with Gasteiger partial charge < -0.3 is 67.1 Å². The van der Waals surface area contributed by atoms with Gasteiger partial charge in [0.2, 0.25) is 0 Å². The van der Waals surface area contributed by atoms with Gasteiger partial charge in [-0.05, 0) is 287 Å². The summed E-state index contributed by atoms with van der Waals surface area (Å²) < 4.78 is 215. The number of benzene rings is 4. The van der Waals surface area contributed by atoms with Gasteiger partial charge in [-0.2, -0.15) is 52.7 Å². The fourth-order valence-corrected chi connectivity index (χ4v) is 16.3. The molecule has 30 heteroatoms. The Kier molecular flexibility index (Phi) is 49.7. The second-order valence-electron chi connectivity index (χ2n) is 34.6. The molecule has 16 nitrogen and oxygen atoms in total. The third-order valence-electron chi connectivity index (χ3n) is 24.4. The third kappa shape index (κ3) is 39.1. The second kappa shape index (κ2) is 56.4. The van der Waals surface area contributed by atoms with Crippen molar-refractivity contribution < 1.29 is 148 Å². The molecule has 726 valence electrons. The molecular formula is C99H142BrF12LiO16. The third-order valence-corrected chi connectivity index (χ3v) is 25.0. The number of hydrogen-bond donors (Lipinski definition) is 2. The zero-order chi connectivity index (χ0) is 94.6. The van der Waals surface area contributed by atoms with Crippen LogP contribution in [0, 0.1) is 89.2 Å². The van der Waals surface area contributed by atoms with Crippen LogP contribution in [0.2, 0.25) is 0 Å². The first-order valence-corrected chi connectivity index (χ1v) is 47.3. The normalized spacial score (nSPS) is 19.9. The number of alkyl halides is 13. The molecule has 6 fully saturated rings. The summed E-state index contributed by atoms with van der Waals surface area (Å²) in [5.74, 6) is 5.16. The maximum absolute atomic E-state index is 12.5. The standard InChI is InChI=1S/C25H37F3O4.C19H28O4.C19H27O4.C15H21F3O2.C15H19F3O2.C6H10BrF3.Li/c1-17-18(2)24(32-22-13-7-10-16-30-22)20(11-5-4-8-14-25(26,27)28)19(3)23(17)31-21-12-6-9-15-29-21;2*1-13-12-16(22-17-8-4-6-10-20-17)14(2)15(3)19(13)23-18-9-5-7-11-21-18;2*1-9-10(2)14(20)12(11(3)13(9)19)7-5-4-6-8-15(16,17)18;7-5-3-1-2-4-6(8,9)10;/h21-22H,4-16H2,1-3H3;12,17-18H,4-11H2,1-3H3;17-18H,4-11H2,1-3H3;19-20H,4-8H2,1-3H3;4-8H2,1-3H3;1-5H2;/q;;-1;;;;+1. The fraction of sp³-hybridized carbons (Fsp3) is 0.697. The van der Waals surface area contributed by atoms with Crippen LogP contribution in [0.5, 0.6) is 46.0 Å². The number of ether oxygens (including phenoxy) is 12. The molecule has 4 aromatic carbocycles. The van der Waals surface area contributed by atoms with Crippen LogP contribution < -0.4 is 47.3 Å². The fourth-order valence-electron chi connectivity index (χ4n) is 15.9. The Labute approximate surface area is 778 Å². The van der Waals surface area contributed by atoms with Crippen molar-refractivity contribution in [3.8, 4) is 46.0 Å². The first kappa shape index (κ1) is 114. The molecule has 6 aliphatic heterocycles. The maximum Gasteiger partial charge on any atom is 1.00 e. The quantitative estimate of drug-likeness (QED) is 0.00921. The minimum absolute atomic E-state index is 0. The molecule has 0 radical (unpaired) electrons. The first-order valence-electron chi connectivity index (χ1n) is 46.2. The predicted molar refractivity (Wildman–Crippen MR) is 475 cm³/mol. The number of rotatable bonds is 31. The van der Waals surface area contributed by atoms with Crippen molar-refractivity contribution >= 4 is 27.5 Å². The van der Waals surface area contributed by atoms with Crippen LogP contribution in [0.25, 0.3) is 0 Å². The van der Waals surface area contributed by atoms with E-state index in [2.05, 4.69) is 62.7 Å². The Morgan fingerprint density at radius 3 is 1.08 bits per heavy atom. The summed E-state index contributed by atoms with van der Waals surface area (Å²) in [7, 11) is 0. The molecule has 6 unspecified atom stereocenters. The molecule has 4 aromatic rings. The molecule has 0 amide bonds. The smallest absolute Gasteiger partial charge is 0.525 e. The van der Waals surface area contributed by atoms with E-state index in [1.54, 1.807) is 41.5 Å². The van der Waals surface area contributed by atoms with E-state index < -0.39 is 50.4 Å². The molecule has 0 aromatic heterocycles. The molecule has 2 N–H and O–H groups in total. The van der Waals surface area contributed by atoms with Crippen LogP contribution in [0.3, 0.4) is 0 Å². The van der Waals surface area contributed by atoms with Crippen molar-refractivity contribution in [2.45, 2.75) is 404 Å². The van der Waals surface area contributed by atoms with E-state index in [1.807, 2.05) is 27.7 Å². The maximum atomic E-state index is 12.5. The van der Waals surface area contributed by atoms with E-state index >= 15 is 0 Å². The number of phenolic OH excluding ortho intramolecular Hbond substituents is 2. The van der Waals surface area contributed by atoms with Crippen molar-refractivity contribution in [3.05, 3.63) is 112 Å². The van der Waals surface area contributed by atoms with Gasteiger partial charge in [-0.3, -0.25) is 9.59 Å². The molecule has 129 heavy (non-hydrogen) atoms. The summed E-state index contributed by atoms with van der Waals surface area (Å²) in [6.45, 7) is 33.0. The van der Waals surface area contributed by atoms with Crippen LogP contribution in [0.4, 0.5) is 52.7 Å². The molecule has 0 spiro atoms. The van der Waals surface area contributed by atoms with E-state index in [0.29, 0.717) is 122 Å². The van der Waals surface area contributed by atoms with Crippen LogP contribution >= 0.6 is 15.9 Å². The van der Waals surface area contributed by atoms with E-state index in [1.165, 1.54) is 12.8 Å². The van der Waals surface area contributed by atoms with E-state index in [4.69, 9.17) is 56.8 Å². The van der Waals surface area contributed by atoms with Crippen LogP contribution in [0.15, 0.2) is 28.4 Å².